The highest BCUT2D eigenvalue weighted by atomic mass is 16.5. The van der Waals surface area contributed by atoms with Crippen LogP contribution in [0.4, 0.5) is 5.69 Å². The minimum Gasteiger partial charge on any atom is -0.492 e. The quantitative estimate of drug-likeness (QED) is 0.737. The van der Waals surface area contributed by atoms with Crippen molar-refractivity contribution in [2.75, 3.05) is 39.2 Å². The summed E-state index contributed by atoms with van der Waals surface area (Å²) < 4.78 is 10.3. The molecule has 0 aromatic heterocycles. The number of carbonyl (C=O) groups excluding carboxylic acids is 2. The molecule has 0 bridgehead atoms. The number of nitrogens with zero attached hydrogens (tertiary/aromatic N) is 1. The number of likely N-dealkylation sites (N-methyl/N-ethyl adjacent to an activating group) is 1. The number of hydrogen-bond acceptors (Lipinski definition) is 5. The number of methoxy groups -OCH3 is 1. The van der Waals surface area contributed by atoms with E-state index in [1.165, 1.54) is 7.11 Å². The number of esters is 1. The molecule has 0 saturated heterocycles. The van der Waals surface area contributed by atoms with Gasteiger partial charge in [-0.1, -0.05) is 24.3 Å². The Morgan fingerprint density at radius 2 is 1.85 bits per heavy atom. The van der Waals surface area contributed by atoms with Crippen molar-refractivity contribution in [2.24, 2.45) is 0 Å². The summed E-state index contributed by atoms with van der Waals surface area (Å²) in [4.78, 5) is 25.7. The minimum absolute atomic E-state index is 0.155. The summed E-state index contributed by atoms with van der Waals surface area (Å²) in [5, 5.41) is 2.84. The van der Waals surface area contributed by atoms with Crippen LogP contribution in [0, 0.1) is 6.92 Å². The van der Waals surface area contributed by atoms with Crippen molar-refractivity contribution in [2.45, 2.75) is 6.92 Å². The van der Waals surface area contributed by atoms with Crippen LogP contribution >= 0.6 is 0 Å². The minimum atomic E-state index is -0.435. The number of amides is 1. The molecular weight excluding hydrogens is 332 g/mol. The largest absolute Gasteiger partial charge is 0.492 e. The zero-order valence-electron chi connectivity index (χ0n) is 15.3. The van der Waals surface area contributed by atoms with Gasteiger partial charge in [-0.2, -0.15) is 0 Å². The van der Waals surface area contributed by atoms with Crippen LogP contribution in [0.25, 0.3) is 0 Å². The molecule has 2 aromatic rings. The van der Waals surface area contributed by atoms with Crippen LogP contribution in [0.1, 0.15) is 15.9 Å². The van der Waals surface area contributed by atoms with Crippen LogP contribution in [-0.4, -0.2) is 50.6 Å². The van der Waals surface area contributed by atoms with Gasteiger partial charge in [0.15, 0.2) is 0 Å². The molecule has 6 nitrogen and oxygen atoms in total. The maximum atomic E-state index is 12.2. The highest BCUT2D eigenvalue weighted by Crippen LogP contribution is 2.17. The predicted molar refractivity (Wildman–Crippen MR) is 101 cm³/mol. The Balaban J connectivity index is 1.83. The Bertz CT molecular complexity index is 747. The first-order valence-corrected chi connectivity index (χ1v) is 8.35. The average Bonchev–Trinajstić information content (AvgIpc) is 2.63. The molecule has 0 aliphatic rings. The lowest BCUT2D eigenvalue weighted by molar-refractivity contribution is -0.117. The van der Waals surface area contributed by atoms with Crippen LogP contribution in [0.15, 0.2) is 48.5 Å². The van der Waals surface area contributed by atoms with Crippen molar-refractivity contribution in [3.05, 3.63) is 59.7 Å². The highest BCUT2D eigenvalue weighted by Gasteiger charge is 2.12. The van der Waals surface area contributed by atoms with E-state index in [1.807, 2.05) is 49.2 Å². The molecule has 1 N–H and O–H groups in total. The van der Waals surface area contributed by atoms with Crippen molar-refractivity contribution in [3.8, 4) is 5.75 Å². The second-order valence-corrected chi connectivity index (χ2v) is 5.97. The smallest absolute Gasteiger partial charge is 0.337 e. The standard InChI is InChI=1S/C20H24N2O4/c1-15-9-10-16(20(24)25-3)13-18(15)21-19(23)14-22(2)11-12-26-17-7-5-4-6-8-17/h4-10,13H,11-12,14H2,1-3H3,(H,21,23). The molecule has 0 radical (unpaired) electrons. The Labute approximate surface area is 153 Å². The monoisotopic (exact) mass is 356 g/mol. The van der Waals surface area contributed by atoms with Gasteiger partial charge in [0.05, 0.1) is 19.2 Å². The molecule has 2 rings (SSSR count). The molecule has 0 spiro atoms. The first-order chi connectivity index (χ1) is 12.5. The second kappa shape index (κ2) is 9.58. The normalized spacial score (nSPS) is 10.5. The lowest BCUT2D eigenvalue weighted by atomic mass is 10.1. The van der Waals surface area contributed by atoms with Crippen LogP contribution in [0.3, 0.4) is 0 Å². The summed E-state index contributed by atoms with van der Waals surface area (Å²) in [5.41, 5.74) is 1.88. The number of carbonyl (C=O) groups is 2. The molecule has 0 saturated carbocycles. The summed E-state index contributed by atoms with van der Waals surface area (Å²) in [5.74, 6) is 0.216. The van der Waals surface area contributed by atoms with Gasteiger partial charge >= 0.3 is 5.97 Å². The fraction of sp³-hybridized carbons (Fsp3) is 0.300. The molecule has 2 aromatic carbocycles. The molecule has 0 unspecified atom stereocenters. The molecule has 0 aliphatic carbocycles. The molecule has 6 heteroatoms. The van der Waals surface area contributed by atoms with Gasteiger partial charge in [-0.05, 0) is 43.8 Å². The summed E-state index contributed by atoms with van der Waals surface area (Å²) in [6, 6.07) is 14.6. The van der Waals surface area contributed by atoms with E-state index in [2.05, 4.69) is 5.32 Å². The first-order valence-electron chi connectivity index (χ1n) is 8.35. The molecule has 0 heterocycles. The van der Waals surface area contributed by atoms with E-state index >= 15 is 0 Å². The number of para-hydroxylation sites is 1. The number of anilines is 1. The van der Waals surface area contributed by atoms with Gasteiger partial charge in [-0.25, -0.2) is 4.79 Å². The number of nitrogens with one attached hydrogen (secondary N) is 1. The van der Waals surface area contributed by atoms with E-state index in [1.54, 1.807) is 18.2 Å². The summed E-state index contributed by atoms with van der Waals surface area (Å²) in [7, 11) is 3.18. The first kappa shape index (κ1) is 19.5. The van der Waals surface area contributed by atoms with Crippen molar-refractivity contribution in [1.29, 1.82) is 0 Å². The van der Waals surface area contributed by atoms with Crippen LogP contribution in [0.5, 0.6) is 5.75 Å². The molecule has 138 valence electrons. The number of rotatable bonds is 8. The van der Waals surface area contributed by atoms with E-state index in [-0.39, 0.29) is 12.5 Å². The van der Waals surface area contributed by atoms with E-state index < -0.39 is 5.97 Å². The lowest BCUT2D eigenvalue weighted by Crippen LogP contribution is -2.33. The number of hydrogen-bond donors (Lipinski definition) is 1. The molecular formula is C20H24N2O4. The number of ether oxygens (including phenoxy) is 2. The molecule has 0 aliphatic heterocycles. The summed E-state index contributed by atoms with van der Waals surface area (Å²) in [6.07, 6.45) is 0. The van der Waals surface area contributed by atoms with Gasteiger partial charge in [0, 0.05) is 12.2 Å². The van der Waals surface area contributed by atoms with Crippen molar-refractivity contribution < 1.29 is 19.1 Å². The van der Waals surface area contributed by atoms with Crippen LogP contribution in [-0.2, 0) is 9.53 Å². The fourth-order valence-corrected chi connectivity index (χ4v) is 2.35. The molecule has 26 heavy (non-hydrogen) atoms. The number of aryl methyl sites for hydroxylation is 1. The van der Waals surface area contributed by atoms with Crippen molar-refractivity contribution in [3.63, 3.8) is 0 Å². The Morgan fingerprint density at radius 3 is 2.54 bits per heavy atom. The van der Waals surface area contributed by atoms with E-state index in [0.717, 1.165) is 11.3 Å². The van der Waals surface area contributed by atoms with Crippen LogP contribution in [0.2, 0.25) is 0 Å². The molecule has 0 atom stereocenters. The van der Waals surface area contributed by atoms with Gasteiger partial charge in [0.25, 0.3) is 0 Å². The van der Waals surface area contributed by atoms with E-state index in [9.17, 15) is 9.59 Å². The maximum absolute atomic E-state index is 12.2. The average molecular weight is 356 g/mol. The Kier molecular flexibility index (Phi) is 7.17. The van der Waals surface area contributed by atoms with Gasteiger partial charge in [-0.3, -0.25) is 9.69 Å². The maximum Gasteiger partial charge on any atom is 0.337 e. The van der Waals surface area contributed by atoms with Gasteiger partial charge in [0.2, 0.25) is 5.91 Å². The van der Waals surface area contributed by atoms with E-state index in [4.69, 9.17) is 9.47 Å². The van der Waals surface area contributed by atoms with Crippen molar-refractivity contribution >= 4 is 17.6 Å². The van der Waals surface area contributed by atoms with Crippen molar-refractivity contribution in [1.82, 2.24) is 4.90 Å². The third-order valence-electron chi connectivity index (χ3n) is 3.83. The Morgan fingerprint density at radius 1 is 1.12 bits per heavy atom. The topological polar surface area (TPSA) is 67.9 Å². The van der Waals surface area contributed by atoms with Gasteiger partial charge in [0.1, 0.15) is 12.4 Å². The summed E-state index contributed by atoms with van der Waals surface area (Å²) in [6.45, 7) is 3.20. The van der Waals surface area contributed by atoms with E-state index in [0.29, 0.717) is 24.4 Å². The molecule has 1 amide bonds. The molecule has 0 fully saturated rings. The zero-order chi connectivity index (χ0) is 18.9. The second-order valence-electron chi connectivity index (χ2n) is 5.97. The third-order valence-corrected chi connectivity index (χ3v) is 3.83. The van der Waals surface area contributed by atoms with Gasteiger partial charge < -0.3 is 14.8 Å². The SMILES string of the molecule is COC(=O)c1ccc(C)c(NC(=O)CN(C)CCOc2ccccc2)c1. The summed E-state index contributed by atoms with van der Waals surface area (Å²) >= 11 is 0. The predicted octanol–water partition coefficient (Wildman–Crippen LogP) is 2.73. The highest BCUT2D eigenvalue weighted by molar-refractivity contribution is 5.96. The van der Waals surface area contributed by atoms with Gasteiger partial charge in [-0.15, -0.1) is 0 Å². The van der Waals surface area contributed by atoms with Crippen LogP contribution < -0.4 is 10.1 Å². The fourth-order valence-electron chi connectivity index (χ4n) is 2.35. The Hall–Kier alpha value is -2.86. The number of benzene rings is 2. The third kappa shape index (κ3) is 5.89. The lowest BCUT2D eigenvalue weighted by Gasteiger charge is -2.17. The zero-order valence-corrected chi connectivity index (χ0v) is 15.3.